The quantitative estimate of drug-likeness (QED) is 0.641. The fourth-order valence-corrected chi connectivity index (χ4v) is 0.924. The number of aryl methyl sites for hydroxylation is 1. The Hall–Kier alpha value is -1.63. The van der Waals surface area contributed by atoms with Gasteiger partial charge >= 0.3 is 0 Å². The van der Waals surface area contributed by atoms with Gasteiger partial charge in [-0.05, 0) is 24.6 Å². The zero-order valence-electron chi connectivity index (χ0n) is 7.66. The predicted molar refractivity (Wildman–Crippen MR) is 55.4 cm³/mol. The Morgan fingerprint density at radius 2 is 1.92 bits per heavy atom. The highest BCUT2D eigenvalue weighted by atomic mass is 16.1. The molecular formula is C12H12O. The number of hydrogen-bond acceptors (Lipinski definition) is 1. The van der Waals surface area contributed by atoms with Gasteiger partial charge in [0.2, 0.25) is 0 Å². The molecule has 1 aromatic rings. The maximum absolute atomic E-state index is 10.8. The van der Waals surface area contributed by atoms with Crippen molar-refractivity contribution >= 4 is 11.9 Å². The molecule has 0 amide bonds. The number of carbonyl (C=O) groups is 1. The van der Waals surface area contributed by atoms with Gasteiger partial charge in [-0.3, -0.25) is 4.79 Å². The van der Waals surface area contributed by atoms with Crippen LogP contribution in [0.15, 0.2) is 43.0 Å². The van der Waals surface area contributed by atoms with Gasteiger partial charge in [0.25, 0.3) is 0 Å². The van der Waals surface area contributed by atoms with Crippen LogP contribution in [-0.2, 0) is 4.79 Å². The molecule has 0 aromatic heterocycles. The van der Waals surface area contributed by atoms with E-state index < -0.39 is 0 Å². The number of benzene rings is 1. The fraction of sp³-hybridized carbons (Fsp3) is 0.0833. The van der Waals surface area contributed by atoms with Crippen molar-refractivity contribution in [2.24, 2.45) is 0 Å². The molecule has 0 aliphatic carbocycles. The summed E-state index contributed by atoms with van der Waals surface area (Å²) in [6.45, 7) is 5.42. The molecule has 0 unspecified atom stereocenters. The lowest BCUT2D eigenvalue weighted by molar-refractivity contribution is -0.110. The van der Waals surface area contributed by atoms with Gasteiger partial charge in [0.05, 0.1) is 0 Å². The third kappa shape index (κ3) is 3.08. The standard InChI is InChI=1S/C12H12O/c1-3-12(13)9-8-11-6-4-10(2)5-7-11/h3-9H,1H2,2H3. The number of rotatable bonds is 3. The van der Waals surface area contributed by atoms with E-state index in [9.17, 15) is 4.79 Å². The van der Waals surface area contributed by atoms with Crippen LogP contribution in [0, 0.1) is 6.92 Å². The van der Waals surface area contributed by atoms with Crippen molar-refractivity contribution in [2.75, 3.05) is 0 Å². The average molecular weight is 172 g/mol. The Balaban J connectivity index is 2.74. The first-order chi connectivity index (χ1) is 6.22. The molecule has 1 aromatic carbocycles. The molecule has 0 aliphatic rings. The van der Waals surface area contributed by atoms with Gasteiger partial charge in [0.1, 0.15) is 0 Å². The minimum absolute atomic E-state index is 0.0689. The normalized spacial score (nSPS) is 10.2. The number of allylic oxidation sites excluding steroid dienone is 2. The lowest BCUT2D eigenvalue weighted by Gasteiger charge is -1.93. The predicted octanol–water partition coefficient (Wildman–Crippen LogP) is 2.76. The molecule has 0 atom stereocenters. The number of carbonyl (C=O) groups excluding carboxylic acids is 1. The summed E-state index contributed by atoms with van der Waals surface area (Å²) >= 11 is 0. The van der Waals surface area contributed by atoms with E-state index in [0.717, 1.165) is 5.56 Å². The van der Waals surface area contributed by atoms with Crippen molar-refractivity contribution < 1.29 is 4.79 Å². The Morgan fingerprint density at radius 1 is 1.31 bits per heavy atom. The van der Waals surface area contributed by atoms with Crippen LogP contribution in [0.3, 0.4) is 0 Å². The summed E-state index contributed by atoms with van der Waals surface area (Å²) in [6, 6.07) is 7.97. The van der Waals surface area contributed by atoms with Crippen molar-refractivity contribution in [3.05, 3.63) is 54.1 Å². The molecule has 0 bridgehead atoms. The van der Waals surface area contributed by atoms with Crippen LogP contribution >= 0.6 is 0 Å². The van der Waals surface area contributed by atoms with Crippen molar-refractivity contribution in [3.8, 4) is 0 Å². The maximum Gasteiger partial charge on any atom is 0.178 e. The second kappa shape index (κ2) is 4.41. The average Bonchev–Trinajstić information content (AvgIpc) is 2.16. The van der Waals surface area contributed by atoms with E-state index in [1.165, 1.54) is 17.7 Å². The van der Waals surface area contributed by atoms with Crippen molar-refractivity contribution in [1.82, 2.24) is 0 Å². The summed E-state index contributed by atoms with van der Waals surface area (Å²) in [6.07, 6.45) is 4.59. The van der Waals surface area contributed by atoms with Crippen molar-refractivity contribution in [3.63, 3.8) is 0 Å². The Bertz CT molecular complexity index is 331. The second-order valence-electron chi connectivity index (χ2n) is 2.85. The topological polar surface area (TPSA) is 17.1 Å². The van der Waals surface area contributed by atoms with E-state index in [-0.39, 0.29) is 5.78 Å². The molecule has 66 valence electrons. The molecule has 0 saturated carbocycles. The van der Waals surface area contributed by atoms with E-state index >= 15 is 0 Å². The smallest absolute Gasteiger partial charge is 0.178 e. The van der Waals surface area contributed by atoms with Gasteiger partial charge in [-0.15, -0.1) is 0 Å². The van der Waals surface area contributed by atoms with E-state index in [4.69, 9.17) is 0 Å². The highest BCUT2D eigenvalue weighted by molar-refractivity contribution is 6.01. The third-order valence-electron chi connectivity index (χ3n) is 1.72. The molecule has 0 fully saturated rings. The molecule has 0 radical (unpaired) electrons. The number of hydrogen-bond donors (Lipinski definition) is 0. The molecule has 0 spiro atoms. The first-order valence-corrected chi connectivity index (χ1v) is 4.13. The summed E-state index contributed by atoms with van der Waals surface area (Å²) in [5.74, 6) is -0.0689. The molecule has 0 heterocycles. The second-order valence-corrected chi connectivity index (χ2v) is 2.85. The van der Waals surface area contributed by atoms with Crippen LogP contribution in [0.2, 0.25) is 0 Å². The summed E-state index contributed by atoms with van der Waals surface area (Å²) in [5.41, 5.74) is 2.24. The lowest BCUT2D eigenvalue weighted by atomic mass is 10.1. The van der Waals surface area contributed by atoms with Gasteiger partial charge in [-0.1, -0.05) is 42.5 Å². The monoisotopic (exact) mass is 172 g/mol. The van der Waals surface area contributed by atoms with E-state index in [2.05, 4.69) is 6.58 Å². The molecule has 1 heteroatoms. The van der Waals surface area contributed by atoms with Crippen LogP contribution in [0.25, 0.3) is 6.08 Å². The number of ketones is 1. The molecule has 1 rings (SSSR count). The molecule has 0 aliphatic heterocycles. The molecule has 0 saturated heterocycles. The summed E-state index contributed by atoms with van der Waals surface area (Å²) < 4.78 is 0. The van der Waals surface area contributed by atoms with Gasteiger partial charge in [-0.2, -0.15) is 0 Å². The Kier molecular flexibility index (Phi) is 3.21. The Labute approximate surface area is 78.4 Å². The van der Waals surface area contributed by atoms with Crippen LogP contribution in [0.1, 0.15) is 11.1 Å². The minimum atomic E-state index is -0.0689. The molecule has 1 nitrogen and oxygen atoms in total. The van der Waals surface area contributed by atoms with Crippen LogP contribution in [0.5, 0.6) is 0 Å². The van der Waals surface area contributed by atoms with E-state index in [1.54, 1.807) is 6.08 Å². The van der Waals surface area contributed by atoms with Crippen LogP contribution < -0.4 is 0 Å². The van der Waals surface area contributed by atoms with Gasteiger partial charge in [-0.25, -0.2) is 0 Å². The van der Waals surface area contributed by atoms with Gasteiger partial charge < -0.3 is 0 Å². The van der Waals surface area contributed by atoms with Crippen molar-refractivity contribution in [1.29, 1.82) is 0 Å². The van der Waals surface area contributed by atoms with Crippen molar-refractivity contribution in [2.45, 2.75) is 6.92 Å². The largest absolute Gasteiger partial charge is 0.290 e. The molecule has 13 heavy (non-hydrogen) atoms. The van der Waals surface area contributed by atoms with Gasteiger partial charge in [0, 0.05) is 0 Å². The molecule has 0 N–H and O–H groups in total. The SMILES string of the molecule is C=CC(=O)C=Cc1ccc(C)cc1. The van der Waals surface area contributed by atoms with E-state index in [1.807, 2.05) is 31.2 Å². The van der Waals surface area contributed by atoms with E-state index in [0.29, 0.717) is 0 Å². The minimum Gasteiger partial charge on any atom is -0.290 e. The summed E-state index contributed by atoms with van der Waals surface area (Å²) in [4.78, 5) is 10.8. The first kappa shape index (κ1) is 9.46. The Morgan fingerprint density at radius 3 is 2.46 bits per heavy atom. The van der Waals surface area contributed by atoms with Gasteiger partial charge in [0.15, 0.2) is 5.78 Å². The third-order valence-corrected chi connectivity index (χ3v) is 1.72. The first-order valence-electron chi connectivity index (χ1n) is 4.13. The highest BCUT2D eigenvalue weighted by Gasteiger charge is 1.88. The molecular weight excluding hydrogens is 160 g/mol. The lowest BCUT2D eigenvalue weighted by Crippen LogP contribution is -1.82. The highest BCUT2D eigenvalue weighted by Crippen LogP contribution is 2.04. The zero-order chi connectivity index (χ0) is 9.68. The van der Waals surface area contributed by atoms with Crippen LogP contribution in [0.4, 0.5) is 0 Å². The summed E-state index contributed by atoms with van der Waals surface area (Å²) in [7, 11) is 0. The maximum atomic E-state index is 10.8. The fourth-order valence-electron chi connectivity index (χ4n) is 0.924. The van der Waals surface area contributed by atoms with Crippen LogP contribution in [-0.4, -0.2) is 5.78 Å². The summed E-state index contributed by atoms with van der Waals surface area (Å²) in [5, 5.41) is 0. The zero-order valence-corrected chi connectivity index (χ0v) is 7.66.